The number of hydrogen-bond acceptors (Lipinski definition) is 3. The highest BCUT2D eigenvalue weighted by Gasteiger charge is 2.28. The van der Waals surface area contributed by atoms with Gasteiger partial charge in [0.25, 0.3) is 0 Å². The number of anilines is 1. The number of unbranched alkanes of at least 4 members (excludes halogenated alkanes) is 1. The number of benzene rings is 2. The summed E-state index contributed by atoms with van der Waals surface area (Å²) in [6, 6.07) is 14.5. The van der Waals surface area contributed by atoms with Gasteiger partial charge in [0.1, 0.15) is 0 Å². The van der Waals surface area contributed by atoms with Gasteiger partial charge in [0.05, 0.1) is 11.3 Å². The Balaban J connectivity index is 1.60. The second kappa shape index (κ2) is 8.67. The van der Waals surface area contributed by atoms with Crippen LogP contribution in [0.2, 0.25) is 0 Å². The van der Waals surface area contributed by atoms with Crippen LogP contribution < -0.4 is 10.0 Å². The van der Waals surface area contributed by atoms with Crippen molar-refractivity contribution in [1.82, 2.24) is 4.72 Å². The van der Waals surface area contributed by atoms with E-state index in [2.05, 4.69) is 29.1 Å². The number of aryl methyl sites for hydroxylation is 1. The zero-order chi connectivity index (χ0) is 19.3. The van der Waals surface area contributed by atoms with Crippen molar-refractivity contribution in [3.05, 3.63) is 59.7 Å². The van der Waals surface area contributed by atoms with Crippen LogP contribution in [0.5, 0.6) is 0 Å². The van der Waals surface area contributed by atoms with Crippen LogP contribution in [0.15, 0.2) is 53.4 Å². The maximum absolute atomic E-state index is 12.3. The van der Waals surface area contributed by atoms with E-state index in [0.717, 1.165) is 37.7 Å². The van der Waals surface area contributed by atoms with Crippen molar-refractivity contribution in [3.63, 3.8) is 0 Å². The summed E-state index contributed by atoms with van der Waals surface area (Å²) in [6.07, 6.45) is 5.40. The van der Waals surface area contributed by atoms with Gasteiger partial charge in [-0.25, -0.2) is 13.1 Å². The first-order valence-corrected chi connectivity index (χ1v) is 10.9. The molecule has 0 atom stereocenters. The van der Waals surface area contributed by atoms with Crippen molar-refractivity contribution in [3.8, 4) is 0 Å². The highest BCUT2D eigenvalue weighted by Crippen LogP contribution is 2.23. The van der Waals surface area contributed by atoms with Crippen LogP contribution in [0, 0.1) is 0 Å². The Morgan fingerprint density at radius 1 is 1.07 bits per heavy atom. The third-order valence-corrected chi connectivity index (χ3v) is 6.05. The van der Waals surface area contributed by atoms with Crippen molar-refractivity contribution >= 4 is 21.6 Å². The molecule has 2 N–H and O–H groups in total. The summed E-state index contributed by atoms with van der Waals surface area (Å²) < 4.78 is 27.2. The van der Waals surface area contributed by atoms with Gasteiger partial charge in [-0.05, 0) is 55.0 Å². The average molecular weight is 387 g/mol. The third-order valence-electron chi connectivity index (χ3n) is 4.53. The van der Waals surface area contributed by atoms with Gasteiger partial charge >= 0.3 is 0 Å². The van der Waals surface area contributed by atoms with Crippen molar-refractivity contribution < 1.29 is 13.2 Å². The second-order valence-corrected chi connectivity index (χ2v) is 8.78. The summed E-state index contributed by atoms with van der Waals surface area (Å²) in [5.74, 6) is -0.166. The molecular weight excluding hydrogens is 360 g/mol. The molecule has 1 fully saturated rings. The summed E-state index contributed by atoms with van der Waals surface area (Å²) in [4.78, 5) is 12.5. The summed E-state index contributed by atoms with van der Waals surface area (Å²) in [5.41, 5.74) is 2.70. The predicted molar refractivity (Wildman–Crippen MR) is 107 cm³/mol. The van der Waals surface area contributed by atoms with E-state index < -0.39 is 10.0 Å². The van der Waals surface area contributed by atoms with Crippen LogP contribution in [0.1, 0.15) is 43.7 Å². The van der Waals surface area contributed by atoms with Gasteiger partial charge in [0.15, 0.2) is 0 Å². The fourth-order valence-corrected chi connectivity index (χ4v) is 4.18. The van der Waals surface area contributed by atoms with Gasteiger partial charge in [-0.15, -0.1) is 0 Å². The second-order valence-electron chi connectivity index (χ2n) is 7.07. The Morgan fingerprint density at radius 3 is 2.44 bits per heavy atom. The molecule has 0 aromatic heterocycles. The van der Waals surface area contributed by atoms with E-state index in [1.807, 2.05) is 12.1 Å². The molecule has 0 unspecified atom stereocenters. The molecule has 6 heteroatoms. The molecule has 2 aromatic carbocycles. The van der Waals surface area contributed by atoms with E-state index in [0.29, 0.717) is 5.69 Å². The smallest absolute Gasteiger partial charge is 0.240 e. The lowest BCUT2D eigenvalue weighted by Crippen LogP contribution is -2.25. The summed E-state index contributed by atoms with van der Waals surface area (Å²) in [7, 11) is -3.53. The molecule has 1 saturated carbocycles. The van der Waals surface area contributed by atoms with Gasteiger partial charge in [-0.3, -0.25) is 4.79 Å². The average Bonchev–Trinajstić information content (AvgIpc) is 3.44. The Bertz CT molecular complexity index is 888. The largest absolute Gasteiger partial charge is 0.326 e. The van der Waals surface area contributed by atoms with E-state index in [9.17, 15) is 13.2 Å². The van der Waals surface area contributed by atoms with Crippen molar-refractivity contribution in [2.24, 2.45) is 0 Å². The minimum Gasteiger partial charge on any atom is -0.326 e. The summed E-state index contributed by atoms with van der Waals surface area (Å²) in [5, 5.41) is 2.79. The summed E-state index contributed by atoms with van der Waals surface area (Å²) >= 11 is 0. The van der Waals surface area contributed by atoms with E-state index in [4.69, 9.17) is 0 Å². The number of hydrogen-bond donors (Lipinski definition) is 2. The molecule has 0 radical (unpaired) electrons. The predicted octanol–water partition coefficient (Wildman–Crippen LogP) is 3.65. The first-order valence-electron chi connectivity index (χ1n) is 9.46. The van der Waals surface area contributed by atoms with Gasteiger partial charge < -0.3 is 5.32 Å². The monoisotopic (exact) mass is 386 g/mol. The third kappa shape index (κ3) is 5.91. The molecule has 1 aliphatic carbocycles. The molecule has 5 nitrogen and oxygen atoms in total. The van der Waals surface area contributed by atoms with Crippen molar-refractivity contribution in [2.75, 3.05) is 5.32 Å². The zero-order valence-electron chi connectivity index (χ0n) is 15.6. The molecule has 0 heterocycles. The van der Waals surface area contributed by atoms with Crippen LogP contribution >= 0.6 is 0 Å². The number of rotatable bonds is 9. The first kappa shape index (κ1) is 19.6. The van der Waals surface area contributed by atoms with E-state index in [-0.39, 0.29) is 23.3 Å². The summed E-state index contributed by atoms with van der Waals surface area (Å²) in [6.45, 7) is 2.17. The van der Waals surface area contributed by atoms with Crippen LogP contribution in [0.4, 0.5) is 5.69 Å². The number of amides is 1. The number of nitrogens with one attached hydrogen (secondary N) is 2. The van der Waals surface area contributed by atoms with Crippen LogP contribution in [0.3, 0.4) is 0 Å². The quantitative estimate of drug-likeness (QED) is 0.691. The highest BCUT2D eigenvalue weighted by molar-refractivity contribution is 7.89. The molecule has 1 aliphatic rings. The van der Waals surface area contributed by atoms with Gasteiger partial charge in [-0.2, -0.15) is 0 Å². The van der Waals surface area contributed by atoms with Crippen molar-refractivity contribution in [1.29, 1.82) is 0 Å². The topological polar surface area (TPSA) is 75.3 Å². The van der Waals surface area contributed by atoms with E-state index in [1.165, 1.54) is 17.7 Å². The maximum atomic E-state index is 12.3. The zero-order valence-corrected chi connectivity index (χ0v) is 16.4. The standard InChI is InChI=1S/C21H26N2O3S/c1-2-3-5-16-8-10-17(11-9-16)14-21(24)22-19-6-4-7-20(15-19)27(25,26)23-18-12-13-18/h4,6-11,15,18,23H,2-3,5,12-14H2,1H3,(H,22,24). The minimum absolute atomic E-state index is 0.0496. The Hall–Kier alpha value is -2.18. The molecule has 0 bridgehead atoms. The molecule has 27 heavy (non-hydrogen) atoms. The molecule has 0 saturated heterocycles. The fourth-order valence-electron chi connectivity index (χ4n) is 2.82. The van der Waals surface area contributed by atoms with Crippen LogP contribution in [-0.2, 0) is 27.7 Å². The molecule has 144 valence electrons. The highest BCUT2D eigenvalue weighted by atomic mass is 32.2. The lowest BCUT2D eigenvalue weighted by molar-refractivity contribution is -0.115. The normalized spacial score (nSPS) is 14.1. The molecule has 2 aromatic rings. The van der Waals surface area contributed by atoms with Gasteiger partial charge in [0, 0.05) is 11.7 Å². The molecule has 0 spiro atoms. The molecular formula is C21H26N2O3S. The minimum atomic E-state index is -3.53. The van der Waals surface area contributed by atoms with Crippen LogP contribution in [0.25, 0.3) is 0 Å². The molecule has 0 aliphatic heterocycles. The number of carbonyl (C=O) groups excluding carboxylic acids is 1. The van der Waals surface area contributed by atoms with Gasteiger partial charge in [-0.1, -0.05) is 43.7 Å². The van der Waals surface area contributed by atoms with Crippen LogP contribution in [-0.4, -0.2) is 20.4 Å². The lowest BCUT2D eigenvalue weighted by Gasteiger charge is -2.09. The lowest BCUT2D eigenvalue weighted by atomic mass is 10.0. The molecule has 1 amide bonds. The van der Waals surface area contributed by atoms with E-state index in [1.54, 1.807) is 12.1 Å². The fraction of sp³-hybridized carbons (Fsp3) is 0.381. The Labute approximate surface area is 161 Å². The maximum Gasteiger partial charge on any atom is 0.240 e. The first-order chi connectivity index (χ1) is 13.0. The number of carbonyl (C=O) groups is 1. The Morgan fingerprint density at radius 2 is 1.78 bits per heavy atom. The SMILES string of the molecule is CCCCc1ccc(CC(=O)Nc2cccc(S(=O)(=O)NC3CC3)c2)cc1. The number of sulfonamides is 1. The Kier molecular flexibility index (Phi) is 6.29. The molecule has 3 rings (SSSR count). The van der Waals surface area contributed by atoms with E-state index >= 15 is 0 Å². The van der Waals surface area contributed by atoms with Crippen molar-refractivity contribution in [2.45, 2.75) is 56.4 Å². The van der Waals surface area contributed by atoms with Gasteiger partial charge in [0.2, 0.25) is 15.9 Å².